The number of carbonyl (C=O) groups excluding carboxylic acids is 1. The molecule has 5 nitrogen and oxygen atoms in total. The Balaban J connectivity index is 1.85. The molecule has 5 heteroatoms. The Hall–Kier alpha value is -1.91. The number of carbonyl (C=O) groups is 1. The average Bonchev–Trinajstić information content (AvgIpc) is 2.99. The molecule has 2 aromatic heterocycles. The SMILES string of the molecule is Cc1ncc2ccn(CC(=O)N3CCCC3)c2n1. The van der Waals surface area contributed by atoms with E-state index in [1.54, 1.807) is 6.20 Å². The average molecular weight is 244 g/mol. The van der Waals surface area contributed by atoms with E-state index in [-0.39, 0.29) is 5.91 Å². The summed E-state index contributed by atoms with van der Waals surface area (Å²) in [5.41, 5.74) is 0.843. The number of hydrogen-bond acceptors (Lipinski definition) is 3. The van der Waals surface area contributed by atoms with Gasteiger partial charge in [-0.2, -0.15) is 0 Å². The topological polar surface area (TPSA) is 51.0 Å². The number of amides is 1. The van der Waals surface area contributed by atoms with Gasteiger partial charge in [0.25, 0.3) is 0 Å². The minimum absolute atomic E-state index is 0.182. The summed E-state index contributed by atoms with van der Waals surface area (Å²) >= 11 is 0. The van der Waals surface area contributed by atoms with Gasteiger partial charge in [0.05, 0.1) is 0 Å². The number of rotatable bonds is 2. The molecule has 0 unspecified atom stereocenters. The first-order valence-corrected chi connectivity index (χ1v) is 6.30. The summed E-state index contributed by atoms with van der Waals surface area (Å²) in [5.74, 6) is 0.914. The minimum atomic E-state index is 0.182. The lowest BCUT2D eigenvalue weighted by atomic mass is 10.4. The minimum Gasteiger partial charge on any atom is -0.341 e. The Bertz CT molecular complexity index is 584. The predicted molar refractivity (Wildman–Crippen MR) is 68.1 cm³/mol. The molecule has 0 spiro atoms. The molecule has 1 saturated heterocycles. The molecular weight excluding hydrogens is 228 g/mol. The molecule has 94 valence electrons. The Morgan fingerprint density at radius 3 is 2.94 bits per heavy atom. The van der Waals surface area contributed by atoms with Crippen molar-refractivity contribution in [1.82, 2.24) is 19.4 Å². The van der Waals surface area contributed by atoms with Gasteiger partial charge in [-0.25, -0.2) is 9.97 Å². The second-order valence-electron chi connectivity index (χ2n) is 4.73. The van der Waals surface area contributed by atoms with Gasteiger partial charge in [-0.05, 0) is 25.8 Å². The number of fused-ring (bicyclic) bond motifs is 1. The van der Waals surface area contributed by atoms with E-state index in [2.05, 4.69) is 9.97 Å². The molecule has 18 heavy (non-hydrogen) atoms. The van der Waals surface area contributed by atoms with Gasteiger partial charge in [-0.3, -0.25) is 4.79 Å². The number of nitrogens with zero attached hydrogens (tertiary/aromatic N) is 4. The summed E-state index contributed by atoms with van der Waals surface area (Å²) in [6, 6.07) is 1.95. The summed E-state index contributed by atoms with van der Waals surface area (Å²) in [7, 11) is 0. The Morgan fingerprint density at radius 1 is 1.39 bits per heavy atom. The van der Waals surface area contributed by atoms with Crippen LogP contribution in [0.15, 0.2) is 18.5 Å². The molecule has 0 aliphatic carbocycles. The molecule has 0 N–H and O–H groups in total. The maximum atomic E-state index is 12.1. The number of hydrogen-bond donors (Lipinski definition) is 0. The van der Waals surface area contributed by atoms with Gasteiger partial charge in [0, 0.05) is 30.9 Å². The van der Waals surface area contributed by atoms with Crippen LogP contribution in [-0.2, 0) is 11.3 Å². The van der Waals surface area contributed by atoms with Crippen LogP contribution < -0.4 is 0 Å². The summed E-state index contributed by atoms with van der Waals surface area (Å²) in [5, 5.41) is 0.981. The lowest BCUT2D eigenvalue weighted by molar-refractivity contribution is -0.130. The first kappa shape index (κ1) is 11.2. The van der Waals surface area contributed by atoms with E-state index >= 15 is 0 Å². The fourth-order valence-corrected chi connectivity index (χ4v) is 2.40. The van der Waals surface area contributed by atoms with Gasteiger partial charge in [0.2, 0.25) is 5.91 Å². The van der Waals surface area contributed by atoms with E-state index < -0.39 is 0 Å². The maximum Gasteiger partial charge on any atom is 0.242 e. The number of aryl methyl sites for hydroxylation is 1. The van der Waals surface area contributed by atoms with Crippen molar-refractivity contribution in [3.05, 3.63) is 24.3 Å². The second kappa shape index (κ2) is 4.40. The lowest BCUT2D eigenvalue weighted by Crippen LogP contribution is -2.30. The first-order valence-electron chi connectivity index (χ1n) is 6.30. The van der Waals surface area contributed by atoms with E-state index in [1.807, 2.05) is 28.7 Å². The molecule has 3 rings (SSSR count). The van der Waals surface area contributed by atoms with Gasteiger partial charge in [-0.15, -0.1) is 0 Å². The molecule has 0 bridgehead atoms. The Kier molecular flexibility index (Phi) is 2.74. The largest absolute Gasteiger partial charge is 0.341 e. The third-order valence-corrected chi connectivity index (χ3v) is 3.39. The van der Waals surface area contributed by atoms with Gasteiger partial charge in [0.15, 0.2) is 0 Å². The predicted octanol–water partition coefficient (Wildman–Crippen LogP) is 1.36. The molecule has 0 radical (unpaired) electrons. The van der Waals surface area contributed by atoms with Crippen LogP contribution in [0.2, 0.25) is 0 Å². The highest BCUT2D eigenvalue weighted by atomic mass is 16.2. The maximum absolute atomic E-state index is 12.1. The van der Waals surface area contributed by atoms with Crippen LogP contribution in [0, 0.1) is 6.92 Å². The zero-order valence-electron chi connectivity index (χ0n) is 10.5. The van der Waals surface area contributed by atoms with Crippen molar-refractivity contribution >= 4 is 16.9 Å². The Morgan fingerprint density at radius 2 is 2.17 bits per heavy atom. The van der Waals surface area contributed by atoms with Gasteiger partial charge < -0.3 is 9.47 Å². The van der Waals surface area contributed by atoms with Crippen LogP contribution in [0.4, 0.5) is 0 Å². The van der Waals surface area contributed by atoms with Gasteiger partial charge in [-0.1, -0.05) is 0 Å². The quantitative estimate of drug-likeness (QED) is 0.801. The number of aromatic nitrogens is 3. The van der Waals surface area contributed by atoms with Crippen molar-refractivity contribution in [2.45, 2.75) is 26.3 Å². The smallest absolute Gasteiger partial charge is 0.242 e. The van der Waals surface area contributed by atoms with Crippen LogP contribution in [-0.4, -0.2) is 38.4 Å². The molecule has 1 amide bonds. The number of likely N-dealkylation sites (tertiary alicyclic amines) is 1. The molecule has 0 atom stereocenters. The highest BCUT2D eigenvalue weighted by Gasteiger charge is 2.18. The molecule has 1 aliphatic rings. The van der Waals surface area contributed by atoms with Crippen LogP contribution in [0.25, 0.3) is 11.0 Å². The molecule has 1 fully saturated rings. The van der Waals surface area contributed by atoms with Crippen molar-refractivity contribution in [3.8, 4) is 0 Å². The molecule has 0 saturated carbocycles. The Labute approximate surface area is 105 Å². The van der Waals surface area contributed by atoms with Crippen LogP contribution in [0.5, 0.6) is 0 Å². The second-order valence-corrected chi connectivity index (χ2v) is 4.73. The normalized spacial score (nSPS) is 15.5. The van der Waals surface area contributed by atoms with Crippen molar-refractivity contribution in [1.29, 1.82) is 0 Å². The van der Waals surface area contributed by atoms with Crippen molar-refractivity contribution in [2.75, 3.05) is 13.1 Å². The summed E-state index contributed by atoms with van der Waals surface area (Å²) in [6.07, 6.45) is 5.96. The van der Waals surface area contributed by atoms with Gasteiger partial charge in [0.1, 0.15) is 18.0 Å². The standard InChI is InChI=1S/C13H16N4O/c1-10-14-8-11-4-7-17(13(11)15-10)9-12(18)16-5-2-3-6-16/h4,7-8H,2-3,5-6,9H2,1H3. The molecular formula is C13H16N4O. The first-order chi connectivity index (χ1) is 8.74. The summed E-state index contributed by atoms with van der Waals surface area (Å²) in [6.45, 7) is 4.02. The van der Waals surface area contributed by atoms with Crippen molar-refractivity contribution < 1.29 is 4.79 Å². The van der Waals surface area contributed by atoms with E-state index in [1.165, 1.54) is 0 Å². The van der Waals surface area contributed by atoms with Crippen LogP contribution in [0.3, 0.4) is 0 Å². The molecule has 2 aromatic rings. The van der Waals surface area contributed by atoms with Crippen molar-refractivity contribution in [2.24, 2.45) is 0 Å². The monoisotopic (exact) mass is 244 g/mol. The van der Waals surface area contributed by atoms with Crippen molar-refractivity contribution in [3.63, 3.8) is 0 Å². The molecule has 0 aromatic carbocycles. The fraction of sp³-hybridized carbons (Fsp3) is 0.462. The zero-order chi connectivity index (χ0) is 12.5. The van der Waals surface area contributed by atoms with E-state index in [0.29, 0.717) is 6.54 Å². The third-order valence-electron chi connectivity index (χ3n) is 3.39. The molecule has 1 aliphatic heterocycles. The highest BCUT2D eigenvalue weighted by molar-refractivity contribution is 5.80. The summed E-state index contributed by atoms with van der Waals surface area (Å²) in [4.78, 5) is 22.6. The molecule has 3 heterocycles. The van der Waals surface area contributed by atoms with E-state index in [0.717, 1.165) is 42.8 Å². The highest BCUT2D eigenvalue weighted by Crippen LogP contribution is 2.14. The van der Waals surface area contributed by atoms with E-state index in [4.69, 9.17) is 0 Å². The fourth-order valence-electron chi connectivity index (χ4n) is 2.40. The lowest BCUT2D eigenvalue weighted by Gasteiger charge is -2.15. The zero-order valence-corrected chi connectivity index (χ0v) is 10.5. The van der Waals surface area contributed by atoms with Crippen LogP contribution in [0.1, 0.15) is 18.7 Å². The third kappa shape index (κ3) is 1.96. The summed E-state index contributed by atoms with van der Waals surface area (Å²) < 4.78 is 1.91. The van der Waals surface area contributed by atoms with Gasteiger partial charge >= 0.3 is 0 Å². The van der Waals surface area contributed by atoms with Crippen LogP contribution >= 0.6 is 0 Å². The van der Waals surface area contributed by atoms with E-state index in [9.17, 15) is 4.79 Å².